The molecule has 0 radical (unpaired) electrons. The van der Waals surface area contributed by atoms with E-state index in [1.54, 1.807) is 27.0 Å². The second kappa shape index (κ2) is 14.8. The zero-order chi connectivity index (χ0) is 38.2. The number of carbonyl (C=O) groups is 1. The van der Waals surface area contributed by atoms with Gasteiger partial charge in [0, 0.05) is 23.6 Å². The molecule has 1 N–H and O–H groups in total. The Balaban J connectivity index is 1.65. The Hall–Kier alpha value is -4.28. The van der Waals surface area contributed by atoms with Crippen molar-refractivity contribution in [2.75, 3.05) is 0 Å². The van der Waals surface area contributed by atoms with Crippen molar-refractivity contribution in [1.82, 2.24) is 0 Å². The molecule has 1 aliphatic carbocycles. The summed E-state index contributed by atoms with van der Waals surface area (Å²) in [6.07, 6.45) is 5.77. The van der Waals surface area contributed by atoms with E-state index in [0.29, 0.717) is 17.5 Å². The van der Waals surface area contributed by atoms with Gasteiger partial charge in [-0.25, -0.2) is 13.2 Å². The lowest BCUT2D eigenvalue weighted by Gasteiger charge is -2.29. The van der Waals surface area contributed by atoms with Crippen LogP contribution in [-0.2, 0) is 27.5 Å². The molecule has 0 aliphatic heterocycles. The van der Waals surface area contributed by atoms with Crippen LogP contribution < -0.4 is 9.84 Å². The number of ether oxygens (including phenoxy) is 1. The molecule has 1 aliphatic rings. The van der Waals surface area contributed by atoms with Crippen LogP contribution in [0.1, 0.15) is 121 Å². The first-order valence-corrected chi connectivity index (χ1v) is 17.0. The molecule has 51 heavy (non-hydrogen) atoms. The van der Waals surface area contributed by atoms with E-state index in [1.807, 2.05) is 32.9 Å². The Labute approximate surface area is 296 Å². The van der Waals surface area contributed by atoms with Crippen molar-refractivity contribution in [2.24, 2.45) is 9.98 Å². The van der Waals surface area contributed by atoms with Gasteiger partial charge in [0.05, 0.1) is 18.5 Å². The highest BCUT2D eigenvalue weighted by Gasteiger charge is 2.30. The van der Waals surface area contributed by atoms with E-state index in [-0.39, 0.29) is 45.5 Å². The third-order valence-electron chi connectivity index (χ3n) is 9.04. The number of hydrogen-bond donors (Lipinski definition) is 1. The van der Waals surface area contributed by atoms with Crippen molar-refractivity contribution in [2.45, 2.75) is 123 Å². The number of phenolic OH excluding ortho intramolecular Hbond substituents is 1. The van der Waals surface area contributed by atoms with Gasteiger partial charge in [-0.2, -0.15) is 8.78 Å². The van der Waals surface area contributed by atoms with Crippen LogP contribution in [0.15, 0.2) is 34.3 Å². The van der Waals surface area contributed by atoms with Crippen molar-refractivity contribution in [1.29, 1.82) is 0 Å². The van der Waals surface area contributed by atoms with Gasteiger partial charge in [-0.1, -0.05) is 99.1 Å². The zero-order valence-corrected chi connectivity index (χ0v) is 30.6. The van der Waals surface area contributed by atoms with Gasteiger partial charge in [-0.05, 0) is 57.4 Å². The first-order valence-electron chi connectivity index (χ1n) is 17.0. The Morgan fingerprint density at radius 2 is 1.24 bits per heavy atom. The maximum Gasteiger partial charge on any atom is 0.315 e. The topological polar surface area (TPSA) is 94.3 Å². The van der Waals surface area contributed by atoms with Gasteiger partial charge < -0.3 is 14.9 Å². The molecule has 0 unspecified atom stereocenters. The van der Waals surface area contributed by atoms with E-state index in [4.69, 9.17) is 9.98 Å². The van der Waals surface area contributed by atoms with Gasteiger partial charge >= 0.3 is 5.97 Å². The molecule has 0 heterocycles. The van der Waals surface area contributed by atoms with Gasteiger partial charge in [-0.15, -0.1) is 0 Å². The maximum atomic E-state index is 14.2. The quantitative estimate of drug-likeness (QED) is 0.0661. The summed E-state index contributed by atoms with van der Waals surface area (Å²) >= 11 is 0. The fraction of sp³-hybridized carbons (Fsp3) is 0.475. The van der Waals surface area contributed by atoms with E-state index in [2.05, 4.69) is 25.5 Å². The van der Waals surface area contributed by atoms with Crippen LogP contribution in [0.3, 0.4) is 0 Å². The van der Waals surface area contributed by atoms with Gasteiger partial charge in [-0.3, -0.25) is 14.8 Å². The molecule has 11 heteroatoms. The Morgan fingerprint density at radius 3 is 1.73 bits per heavy atom. The second-order valence-electron chi connectivity index (χ2n) is 16.3. The fourth-order valence-corrected chi connectivity index (χ4v) is 6.01. The average molecular weight is 714 g/mol. The van der Waals surface area contributed by atoms with E-state index < -0.39 is 52.6 Å². The number of rotatable bonds is 7. The SMILES string of the molecule is CC(C)(C)c1cc(C=N[C@H]2CCCC[C@@H]2N=Cc2cc(CC(=O)Oc3c(F)c(F)c(F)c(F)c3F)cc(C(C)(C)C)c2[O-])c(O)c(C(C)(C)C)c1. The van der Waals surface area contributed by atoms with E-state index in [1.165, 1.54) is 18.3 Å². The standard InChI is InChI=1S/C40H47F5N2O4/c1-38(2,3)24-17-23(36(50)26(18-24)40(7,8)9)20-47-28-13-11-10-12-27(28)46-19-22-14-21(15-25(35(22)49)39(4,5)6)16-29(48)51-37-33(44)31(42)30(41)32(43)34(37)45/h14-15,17-20,27-28,49-50H,10-13,16H2,1-9H3/p-1/t27-,28-/m0/s1. The van der Waals surface area contributed by atoms with Crippen LogP contribution in [0.25, 0.3) is 0 Å². The molecule has 276 valence electrons. The normalized spacial score (nSPS) is 17.5. The van der Waals surface area contributed by atoms with Crippen molar-refractivity contribution in [3.8, 4) is 17.2 Å². The summed E-state index contributed by atoms with van der Waals surface area (Å²) in [7, 11) is 0. The van der Waals surface area contributed by atoms with E-state index in [9.17, 15) is 37.0 Å². The largest absolute Gasteiger partial charge is 0.872 e. The highest BCUT2D eigenvalue weighted by molar-refractivity contribution is 5.86. The van der Waals surface area contributed by atoms with Crippen LogP contribution in [0, 0.1) is 29.1 Å². The highest BCUT2D eigenvalue weighted by atomic mass is 19.2. The third kappa shape index (κ3) is 8.97. The summed E-state index contributed by atoms with van der Waals surface area (Å²) in [6, 6.07) is 6.32. The molecule has 3 aromatic carbocycles. The molecule has 0 amide bonds. The summed E-state index contributed by atoms with van der Waals surface area (Å²) in [4.78, 5) is 22.4. The molecule has 0 spiro atoms. The van der Waals surface area contributed by atoms with Crippen molar-refractivity contribution >= 4 is 18.4 Å². The summed E-state index contributed by atoms with van der Waals surface area (Å²) in [6.45, 7) is 17.8. The molecule has 1 fully saturated rings. The molecule has 0 aromatic heterocycles. The monoisotopic (exact) mass is 713 g/mol. The number of aromatic hydroxyl groups is 1. The van der Waals surface area contributed by atoms with E-state index in [0.717, 1.165) is 30.4 Å². The number of nitrogens with zero attached hydrogens (tertiary/aromatic N) is 2. The molecular formula is C40H46F5N2O4-. The Bertz CT molecular complexity index is 1840. The maximum absolute atomic E-state index is 14.2. The summed E-state index contributed by atoms with van der Waals surface area (Å²) < 4.78 is 73.8. The minimum absolute atomic E-state index is 0.153. The van der Waals surface area contributed by atoms with Gasteiger partial charge in [0.2, 0.25) is 34.8 Å². The van der Waals surface area contributed by atoms with Gasteiger partial charge in [0.1, 0.15) is 5.75 Å². The van der Waals surface area contributed by atoms with E-state index >= 15 is 0 Å². The number of phenols is 1. The summed E-state index contributed by atoms with van der Waals surface area (Å²) in [5.74, 6) is -14.5. The number of esters is 1. The smallest absolute Gasteiger partial charge is 0.315 e. The first-order chi connectivity index (χ1) is 23.5. The van der Waals surface area contributed by atoms with Crippen LogP contribution in [-0.4, -0.2) is 35.6 Å². The summed E-state index contributed by atoms with van der Waals surface area (Å²) in [5.41, 5.74) is 2.05. The molecule has 6 nitrogen and oxygen atoms in total. The molecular weight excluding hydrogens is 667 g/mol. The lowest BCUT2D eigenvalue weighted by atomic mass is 9.79. The zero-order valence-electron chi connectivity index (χ0n) is 30.6. The Morgan fingerprint density at radius 1 is 0.745 bits per heavy atom. The van der Waals surface area contributed by atoms with Gasteiger partial charge in [0.25, 0.3) is 0 Å². The average Bonchev–Trinajstić information content (AvgIpc) is 3.03. The number of aliphatic imine (C=N–C) groups is 2. The fourth-order valence-electron chi connectivity index (χ4n) is 6.01. The molecule has 0 bridgehead atoms. The number of halogens is 5. The van der Waals surface area contributed by atoms with Crippen LogP contribution in [0.5, 0.6) is 17.2 Å². The first kappa shape index (κ1) is 39.5. The lowest BCUT2D eigenvalue weighted by molar-refractivity contribution is -0.270. The summed E-state index contributed by atoms with van der Waals surface area (Å²) in [5, 5.41) is 24.8. The van der Waals surface area contributed by atoms with Gasteiger partial charge in [0.15, 0.2) is 0 Å². The number of hydrogen-bond acceptors (Lipinski definition) is 6. The third-order valence-corrected chi connectivity index (χ3v) is 9.04. The molecule has 0 saturated heterocycles. The van der Waals surface area contributed by atoms with Crippen LogP contribution >= 0.6 is 0 Å². The minimum Gasteiger partial charge on any atom is -0.872 e. The van der Waals surface area contributed by atoms with Crippen molar-refractivity contribution in [3.63, 3.8) is 0 Å². The second-order valence-corrected chi connectivity index (χ2v) is 16.3. The van der Waals surface area contributed by atoms with Crippen LogP contribution in [0.2, 0.25) is 0 Å². The molecule has 1 saturated carbocycles. The molecule has 4 rings (SSSR count). The molecule has 2 atom stereocenters. The number of carbonyl (C=O) groups excluding carboxylic acids is 1. The highest BCUT2D eigenvalue weighted by Crippen LogP contribution is 2.38. The predicted molar refractivity (Wildman–Crippen MR) is 187 cm³/mol. The predicted octanol–water partition coefficient (Wildman–Crippen LogP) is 9.05. The minimum atomic E-state index is -2.37. The van der Waals surface area contributed by atoms with Crippen molar-refractivity contribution < 1.29 is 41.7 Å². The van der Waals surface area contributed by atoms with Crippen molar-refractivity contribution in [3.05, 3.63) is 86.7 Å². The number of benzene rings is 3. The van der Waals surface area contributed by atoms with Crippen LogP contribution in [0.4, 0.5) is 22.0 Å². The Kier molecular flexibility index (Phi) is 11.4. The molecule has 3 aromatic rings. The lowest BCUT2D eigenvalue weighted by Crippen LogP contribution is -2.27.